The van der Waals surface area contributed by atoms with Crippen molar-refractivity contribution in [3.63, 3.8) is 0 Å². The van der Waals surface area contributed by atoms with Gasteiger partial charge >= 0.3 is 0 Å². The van der Waals surface area contributed by atoms with Gasteiger partial charge < -0.3 is 9.67 Å². The zero-order chi connectivity index (χ0) is 14.0. The van der Waals surface area contributed by atoms with E-state index in [0.29, 0.717) is 18.2 Å². The molecule has 19 heavy (non-hydrogen) atoms. The van der Waals surface area contributed by atoms with Crippen LogP contribution < -0.4 is 4.72 Å². The SMILES string of the molecule is CCn1cc(S(=O)(=O)NC(C)C2CCC2)cc1CO. The number of aliphatic hydroxyl groups excluding tert-OH is 1. The van der Waals surface area contributed by atoms with Crippen LogP contribution in [0.3, 0.4) is 0 Å². The molecule has 0 aliphatic heterocycles. The third kappa shape index (κ3) is 3.01. The minimum atomic E-state index is -3.48. The molecule has 6 heteroatoms. The fourth-order valence-corrected chi connectivity index (χ4v) is 3.82. The van der Waals surface area contributed by atoms with Crippen molar-refractivity contribution < 1.29 is 13.5 Å². The van der Waals surface area contributed by atoms with Crippen molar-refractivity contribution in [3.8, 4) is 0 Å². The Morgan fingerprint density at radius 3 is 2.63 bits per heavy atom. The van der Waals surface area contributed by atoms with E-state index in [1.807, 2.05) is 13.8 Å². The Morgan fingerprint density at radius 1 is 1.53 bits per heavy atom. The molecule has 0 amide bonds. The van der Waals surface area contributed by atoms with Crippen LogP contribution in [0.1, 0.15) is 38.8 Å². The lowest BCUT2D eigenvalue weighted by Crippen LogP contribution is -2.40. The molecule has 2 N–H and O–H groups in total. The topological polar surface area (TPSA) is 71.3 Å². The van der Waals surface area contributed by atoms with E-state index in [-0.39, 0.29) is 17.5 Å². The Hall–Kier alpha value is -0.850. The molecule has 108 valence electrons. The molecule has 5 nitrogen and oxygen atoms in total. The monoisotopic (exact) mass is 286 g/mol. The first kappa shape index (κ1) is 14.6. The second-order valence-electron chi connectivity index (χ2n) is 5.21. The lowest BCUT2D eigenvalue weighted by molar-refractivity contribution is 0.260. The number of aliphatic hydroxyl groups is 1. The van der Waals surface area contributed by atoms with Gasteiger partial charge in [-0.3, -0.25) is 0 Å². The fraction of sp³-hybridized carbons (Fsp3) is 0.692. The molecule has 1 unspecified atom stereocenters. The molecule has 1 heterocycles. The number of aromatic nitrogens is 1. The third-order valence-electron chi connectivity index (χ3n) is 3.97. The quantitative estimate of drug-likeness (QED) is 0.832. The summed E-state index contributed by atoms with van der Waals surface area (Å²) in [6.45, 7) is 4.33. The van der Waals surface area contributed by atoms with Gasteiger partial charge in [-0.2, -0.15) is 0 Å². The molecule has 0 saturated heterocycles. The Kier molecular flexibility index (Phi) is 4.32. The summed E-state index contributed by atoms with van der Waals surface area (Å²) < 4.78 is 29.0. The first-order valence-electron chi connectivity index (χ1n) is 6.80. The normalized spacial score (nSPS) is 18.3. The van der Waals surface area contributed by atoms with Crippen LogP contribution in [0.5, 0.6) is 0 Å². The largest absolute Gasteiger partial charge is 0.390 e. The number of sulfonamides is 1. The van der Waals surface area contributed by atoms with E-state index >= 15 is 0 Å². The first-order chi connectivity index (χ1) is 8.97. The molecule has 2 rings (SSSR count). The summed E-state index contributed by atoms with van der Waals surface area (Å²) in [5.74, 6) is 0.459. The van der Waals surface area contributed by atoms with Gasteiger partial charge in [-0.15, -0.1) is 0 Å². The van der Waals surface area contributed by atoms with Crippen molar-refractivity contribution in [1.29, 1.82) is 0 Å². The number of hydrogen-bond donors (Lipinski definition) is 2. The van der Waals surface area contributed by atoms with E-state index in [1.165, 1.54) is 6.42 Å². The van der Waals surface area contributed by atoms with Crippen LogP contribution in [0.15, 0.2) is 17.2 Å². The summed E-state index contributed by atoms with van der Waals surface area (Å²) in [7, 11) is -3.48. The Morgan fingerprint density at radius 2 is 2.21 bits per heavy atom. The van der Waals surface area contributed by atoms with Crippen LogP contribution in [0.4, 0.5) is 0 Å². The molecule has 0 radical (unpaired) electrons. The van der Waals surface area contributed by atoms with Gasteiger partial charge in [0.05, 0.1) is 11.5 Å². The third-order valence-corrected chi connectivity index (χ3v) is 5.50. The molecule has 1 aromatic heterocycles. The highest BCUT2D eigenvalue weighted by molar-refractivity contribution is 7.89. The number of hydrogen-bond acceptors (Lipinski definition) is 3. The average molecular weight is 286 g/mol. The molecule has 1 fully saturated rings. The van der Waals surface area contributed by atoms with Crippen LogP contribution in [-0.2, 0) is 23.2 Å². The van der Waals surface area contributed by atoms with Crippen LogP contribution in [0, 0.1) is 5.92 Å². The van der Waals surface area contributed by atoms with Gasteiger partial charge in [0, 0.05) is 24.5 Å². The van der Waals surface area contributed by atoms with Gasteiger partial charge in [-0.25, -0.2) is 13.1 Å². The maximum atomic E-state index is 12.3. The predicted molar refractivity (Wildman–Crippen MR) is 73.2 cm³/mol. The molecule has 1 atom stereocenters. The van der Waals surface area contributed by atoms with Gasteiger partial charge in [0.2, 0.25) is 10.0 Å². The maximum absolute atomic E-state index is 12.3. The summed E-state index contributed by atoms with van der Waals surface area (Å²) in [4.78, 5) is 0.240. The molecular formula is C13H22N2O3S. The van der Waals surface area contributed by atoms with E-state index in [1.54, 1.807) is 16.8 Å². The van der Waals surface area contributed by atoms with Crippen LogP contribution in [-0.4, -0.2) is 24.1 Å². The minimum absolute atomic E-state index is 0.0266. The van der Waals surface area contributed by atoms with Crippen molar-refractivity contribution in [2.24, 2.45) is 5.92 Å². The van der Waals surface area contributed by atoms with Crippen LogP contribution >= 0.6 is 0 Å². The molecule has 0 bridgehead atoms. The maximum Gasteiger partial charge on any atom is 0.242 e. The van der Waals surface area contributed by atoms with Gasteiger partial charge in [-0.1, -0.05) is 6.42 Å². The van der Waals surface area contributed by atoms with Crippen LogP contribution in [0.2, 0.25) is 0 Å². The van der Waals surface area contributed by atoms with Crippen molar-refractivity contribution in [1.82, 2.24) is 9.29 Å². The molecule has 1 saturated carbocycles. The number of rotatable bonds is 6. The second-order valence-corrected chi connectivity index (χ2v) is 6.93. The zero-order valence-corrected chi connectivity index (χ0v) is 12.3. The Bertz CT molecular complexity index is 511. The lowest BCUT2D eigenvalue weighted by atomic mass is 9.81. The molecular weight excluding hydrogens is 264 g/mol. The minimum Gasteiger partial charge on any atom is -0.390 e. The highest BCUT2D eigenvalue weighted by Gasteiger charge is 2.28. The number of aryl methyl sites for hydroxylation is 1. The van der Waals surface area contributed by atoms with Gasteiger partial charge in [0.1, 0.15) is 0 Å². The Labute approximate surface area is 114 Å². The smallest absolute Gasteiger partial charge is 0.242 e. The summed E-state index contributed by atoms with van der Waals surface area (Å²) in [6, 6.07) is 1.51. The second kappa shape index (κ2) is 5.64. The summed E-state index contributed by atoms with van der Waals surface area (Å²) in [5, 5.41) is 9.21. The highest BCUT2D eigenvalue weighted by atomic mass is 32.2. The first-order valence-corrected chi connectivity index (χ1v) is 8.28. The van der Waals surface area contributed by atoms with E-state index in [2.05, 4.69) is 4.72 Å². The van der Waals surface area contributed by atoms with Gasteiger partial charge in [0.15, 0.2) is 0 Å². The van der Waals surface area contributed by atoms with Gasteiger partial charge in [0.25, 0.3) is 0 Å². The molecule has 0 spiro atoms. The summed E-state index contributed by atoms with van der Waals surface area (Å²) >= 11 is 0. The summed E-state index contributed by atoms with van der Waals surface area (Å²) in [5.41, 5.74) is 0.624. The average Bonchev–Trinajstić information content (AvgIpc) is 2.69. The van der Waals surface area contributed by atoms with Crippen LogP contribution in [0.25, 0.3) is 0 Å². The van der Waals surface area contributed by atoms with E-state index < -0.39 is 10.0 Å². The predicted octanol–water partition coefficient (Wildman–Crippen LogP) is 1.47. The Balaban J connectivity index is 2.16. The summed E-state index contributed by atoms with van der Waals surface area (Å²) in [6.07, 6.45) is 4.97. The zero-order valence-electron chi connectivity index (χ0n) is 11.5. The van der Waals surface area contributed by atoms with Crippen molar-refractivity contribution in [3.05, 3.63) is 18.0 Å². The van der Waals surface area contributed by atoms with E-state index in [0.717, 1.165) is 12.8 Å². The van der Waals surface area contributed by atoms with E-state index in [4.69, 9.17) is 0 Å². The van der Waals surface area contributed by atoms with Crippen molar-refractivity contribution in [2.45, 2.75) is 57.2 Å². The molecule has 1 aliphatic rings. The molecule has 0 aromatic carbocycles. The van der Waals surface area contributed by atoms with Crippen molar-refractivity contribution in [2.75, 3.05) is 0 Å². The number of nitrogens with zero attached hydrogens (tertiary/aromatic N) is 1. The fourth-order valence-electron chi connectivity index (χ4n) is 2.45. The van der Waals surface area contributed by atoms with Gasteiger partial charge in [-0.05, 0) is 38.7 Å². The highest BCUT2D eigenvalue weighted by Crippen LogP contribution is 2.30. The van der Waals surface area contributed by atoms with Crippen molar-refractivity contribution >= 4 is 10.0 Å². The van der Waals surface area contributed by atoms with E-state index in [9.17, 15) is 13.5 Å². The lowest BCUT2D eigenvalue weighted by Gasteiger charge is -2.31. The standard InChI is InChI=1S/C13H22N2O3S/c1-3-15-8-13(7-12(15)9-16)19(17,18)14-10(2)11-5-4-6-11/h7-8,10-11,14,16H,3-6,9H2,1-2H3. The number of nitrogens with one attached hydrogen (secondary N) is 1. The molecule has 1 aliphatic carbocycles. The molecule has 1 aromatic rings.